The van der Waals surface area contributed by atoms with Crippen LogP contribution in [0.15, 0.2) is 66.9 Å². The van der Waals surface area contributed by atoms with Crippen LogP contribution in [0.4, 0.5) is 0 Å². The number of aromatic hydroxyl groups is 1. The van der Waals surface area contributed by atoms with Crippen molar-refractivity contribution in [2.24, 2.45) is 0 Å². The molecule has 0 saturated heterocycles. The number of phenols is 1. The van der Waals surface area contributed by atoms with E-state index in [0.29, 0.717) is 0 Å². The summed E-state index contributed by atoms with van der Waals surface area (Å²) in [5, 5.41) is 9.35. The van der Waals surface area contributed by atoms with E-state index < -0.39 is 0 Å². The Morgan fingerprint density at radius 1 is 0.783 bits per heavy atom. The molecule has 1 heterocycles. The minimum Gasteiger partial charge on any atom is -0.508 e. The number of hydrogen-bond acceptors (Lipinski definition) is 2. The van der Waals surface area contributed by atoms with Crippen molar-refractivity contribution >= 4 is 0 Å². The van der Waals surface area contributed by atoms with Gasteiger partial charge in [0.2, 0.25) is 0 Å². The van der Waals surface area contributed by atoms with E-state index in [4.69, 9.17) is 0 Å². The third-order valence-corrected chi connectivity index (χ3v) is 4.03. The predicted octanol–water partition coefficient (Wildman–Crippen LogP) is 5.46. The molecule has 116 valence electrons. The number of aromatic nitrogens is 1. The van der Waals surface area contributed by atoms with Crippen LogP contribution >= 0.6 is 0 Å². The average molecular weight is 303 g/mol. The summed E-state index contributed by atoms with van der Waals surface area (Å²) in [6.45, 7) is 2.22. The van der Waals surface area contributed by atoms with Gasteiger partial charge in [0, 0.05) is 17.3 Å². The second kappa shape index (κ2) is 7.10. The molecule has 2 nitrogen and oxygen atoms in total. The van der Waals surface area contributed by atoms with Gasteiger partial charge in [-0.3, -0.25) is 4.98 Å². The highest BCUT2D eigenvalue weighted by molar-refractivity contribution is 5.67. The summed E-state index contributed by atoms with van der Waals surface area (Å²) in [4.78, 5) is 4.55. The number of phenolic OH excluding ortho intramolecular Hbond substituents is 1. The summed E-state index contributed by atoms with van der Waals surface area (Å²) in [5.41, 5.74) is 5.62. The zero-order valence-corrected chi connectivity index (χ0v) is 13.4. The first-order valence-corrected chi connectivity index (χ1v) is 8.11. The first kappa shape index (κ1) is 15.3. The highest BCUT2D eigenvalue weighted by Crippen LogP contribution is 2.24. The van der Waals surface area contributed by atoms with Crippen molar-refractivity contribution in [3.8, 4) is 28.1 Å². The third-order valence-electron chi connectivity index (χ3n) is 4.03. The van der Waals surface area contributed by atoms with E-state index in [9.17, 15) is 5.11 Å². The second-order valence-corrected chi connectivity index (χ2v) is 5.78. The average Bonchev–Trinajstić information content (AvgIpc) is 2.61. The van der Waals surface area contributed by atoms with Crippen LogP contribution in [0.5, 0.6) is 5.75 Å². The fraction of sp³-hybridized carbons (Fsp3) is 0.190. The number of rotatable bonds is 5. The standard InChI is InChI=1S/C21H21NO/c1-2-3-4-16-5-7-17(8-6-16)19-11-14-21(22-15-19)18-9-12-20(23)13-10-18/h5-15,23H,2-4H2,1H3. The van der Waals surface area contributed by atoms with E-state index in [0.717, 1.165) is 23.2 Å². The quantitative estimate of drug-likeness (QED) is 0.678. The number of nitrogens with zero attached hydrogens (tertiary/aromatic N) is 1. The van der Waals surface area contributed by atoms with Gasteiger partial charge in [-0.05, 0) is 54.3 Å². The first-order valence-electron chi connectivity index (χ1n) is 8.11. The molecule has 0 unspecified atom stereocenters. The van der Waals surface area contributed by atoms with Crippen LogP contribution in [0.25, 0.3) is 22.4 Å². The number of benzene rings is 2. The van der Waals surface area contributed by atoms with E-state index in [1.807, 2.05) is 24.4 Å². The largest absolute Gasteiger partial charge is 0.508 e. The van der Waals surface area contributed by atoms with E-state index in [1.54, 1.807) is 12.1 Å². The lowest BCUT2D eigenvalue weighted by molar-refractivity contribution is 0.475. The van der Waals surface area contributed by atoms with Crippen LogP contribution in [-0.2, 0) is 6.42 Å². The Labute approximate surface area is 137 Å². The monoisotopic (exact) mass is 303 g/mol. The summed E-state index contributed by atoms with van der Waals surface area (Å²) in [5.74, 6) is 0.272. The molecule has 0 radical (unpaired) electrons. The lowest BCUT2D eigenvalue weighted by Crippen LogP contribution is -1.87. The minimum atomic E-state index is 0.272. The molecular weight excluding hydrogens is 282 g/mol. The molecule has 3 aromatic rings. The normalized spacial score (nSPS) is 10.7. The van der Waals surface area contributed by atoms with Crippen LogP contribution < -0.4 is 0 Å². The van der Waals surface area contributed by atoms with Crippen molar-refractivity contribution in [3.63, 3.8) is 0 Å². The van der Waals surface area contributed by atoms with Crippen LogP contribution in [0.1, 0.15) is 25.3 Å². The molecule has 0 spiro atoms. The molecule has 3 rings (SSSR count). The maximum absolute atomic E-state index is 9.35. The first-order chi connectivity index (χ1) is 11.3. The maximum atomic E-state index is 9.35. The fourth-order valence-corrected chi connectivity index (χ4v) is 2.61. The Hall–Kier alpha value is -2.61. The summed E-state index contributed by atoms with van der Waals surface area (Å²) in [6, 6.07) is 20.0. The van der Waals surface area contributed by atoms with Gasteiger partial charge in [0.1, 0.15) is 5.75 Å². The number of hydrogen-bond donors (Lipinski definition) is 1. The van der Waals surface area contributed by atoms with E-state index in [-0.39, 0.29) is 5.75 Å². The van der Waals surface area contributed by atoms with Gasteiger partial charge in [0.15, 0.2) is 0 Å². The summed E-state index contributed by atoms with van der Waals surface area (Å²) < 4.78 is 0. The molecule has 1 aromatic heterocycles. The fourth-order valence-electron chi connectivity index (χ4n) is 2.61. The van der Waals surface area contributed by atoms with Gasteiger partial charge >= 0.3 is 0 Å². The van der Waals surface area contributed by atoms with Gasteiger partial charge in [0.05, 0.1) is 5.69 Å². The van der Waals surface area contributed by atoms with E-state index in [2.05, 4.69) is 42.2 Å². The zero-order valence-electron chi connectivity index (χ0n) is 13.4. The molecule has 0 atom stereocenters. The summed E-state index contributed by atoms with van der Waals surface area (Å²) >= 11 is 0. The number of aryl methyl sites for hydroxylation is 1. The van der Waals surface area contributed by atoms with Gasteiger partial charge in [-0.15, -0.1) is 0 Å². The molecular formula is C21H21NO. The molecule has 23 heavy (non-hydrogen) atoms. The molecule has 2 heteroatoms. The topological polar surface area (TPSA) is 33.1 Å². The molecule has 2 aromatic carbocycles. The van der Waals surface area contributed by atoms with Crippen molar-refractivity contribution in [3.05, 3.63) is 72.4 Å². The number of unbranched alkanes of at least 4 members (excludes halogenated alkanes) is 1. The van der Waals surface area contributed by atoms with Crippen LogP contribution in [0, 0.1) is 0 Å². The van der Waals surface area contributed by atoms with Crippen LogP contribution in [-0.4, -0.2) is 10.1 Å². The minimum absolute atomic E-state index is 0.272. The van der Waals surface area contributed by atoms with Gasteiger partial charge < -0.3 is 5.11 Å². The Kier molecular flexibility index (Phi) is 4.72. The van der Waals surface area contributed by atoms with Gasteiger partial charge in [-0.25, -0.2) is 0 Å². The van der Waals surface area contributed by atoms with Crippen LogP contribution in [0.2, 0.25) is 0 Å². The van der Waals surface area contributed by atoms with Crippen LogP contribution in [0.3, 0.4) is 0 Å². The summed E-state index contributed by atoms with van der Waals surface area (Å²) in [7, 11) is 0. The van der Waals surface area contributed by atoms with Crippen molar-refractivity contribution in [2.45, 2.75) is 26.2 Å². The Morgan fingerprint density at radius 3 is 2.04 bits per heavy atom. The molecule has 0 fully saturated rings. The molecule has 0 saturated carbocycles. The smallest absolute Gasteiger partial charge is 0.115 e. The lowest BCUT2D eigenvalue weighted by Gasteiger charge is -2.06. The maximum Gasteiger partial charge on any atom is 0.115 e. The molecule has 1 N–H and O–H groups in total. The highest BCUT2D eigenvalue weighted by atomic mass is 16.3. The van der Waals surface area contributed by atoms with Gasteiger partial charge in [-0.1, -0.05) is 43.7 Å². The Bertz CT molecular complexity index is 743. The van der Waals surface area contributed by atoms with E-state index >= 15 is 0 Å². The molecule has 0 aliphatic carbocycles. The van der Waals surface area contributed by atoms with E-state index in [1.165, 1.54) is 24.0 Å². The molecule has 0 aliphatic rings. The number of pyridine rings is 1. The van der Waals surface area contributed by atoms with Crippen molar-refractivity contribution in [2.75, 3.05) is 0 Å². The Morgan fingerprint density at radius 2 is 1.43 bits per heavy atom. The molecule has 0 amide bonds. The lowest BCUT2D eigenvalue weighted by atomic mass is 10.0. The van der Waals surface area contributed by atoms with Crippen molar-refractivity contribution in [1.82, 2.24) is 4.98 Å². The van der Waals surface area contributed by atoms with Gasteiger partial charge in [0.25, 0.3) is 0 Å². The second-order valence-electron chi connectivity index (χ2n) is 5.78. The predicted molar refractivity (Wildman–Crippen MR) is 95.4 cm³/mol. The van der Waals surface area contributed by atoms with Gasteiger partial charge in [-0.2, -0.15) is 0 Å². The highest BCUT2D eigenvalue weighted by Gasteiger charge is 2.02. The Balaban J connectivity index is 1.77. The SMILES string of the molecule is CCCCc1ccc(-c2ccc(-c3ccc(O)cc3)nc2)cc1. The summed E-state index contributed by atoms with van der Waals surface area (Å²) in [6.07, 6.45) is 5.52. The van der Waals surface area contributed by atoms with Crippen molar-refractivity contribution in [1.29, 1.82) is 0 Å². The third kappa shape index (κ3) is 3.78. The zero-order chi connectivity index (χ0) is 16.1. The molecule has 0 aliphatic heterocycles. The van der Waals surface area contributed by atoms with Crippen molar-refractivity contribution < 1.29 is 5.11 Å². The molecule has 0 bridgehead atoms.